The highest BCUT2D eigenvalue weighted by Crippen LogP contribution is 2.24. The molecule has 0 N–H and O–H groups in total. The van der Waals surface area contributed by atoms with E-state index < -0.39 is 0 Å². The van der Waals surface area contributed by atoms with Gasteiger partial charge in [0.2, 0.25) is 0 Å². The van der Waals surface area contributed by atoms with Gasteiger partial charge in [0.05, 0.1) is 30.5 Å². The third-order valence-electron chi connectivity index (χ3n) is 4.79. The maximum atomic E-state index is 12.6. The summed E-state index contributed by atoms with van der Waals surface area (Å²) in [7, 11) is 0. The zero-order chi connectivity index (χ0) is 21.4. The lowest BCUT2D eigenvalue weighted by molar-refractivity contribution is 0.647. The number of para-hydroxylation sites is 1. The van der Waals surface area contributed by atoms with Crippen LogP contribution in [-0.4, -0.2) is 34.3 Å². The lowest BCUT2D eigenvalue weighted by Gasteiger charge is -2.06. The number of hydrogen-bond donors (Lipinski definition) is 0. The fraction of sp³-hybridized carbons (Fsp3) is 0.0952. The molecular weight excluding hydrogens is 437 g/mol. The molecular formula is C21H15Cl2N7O. The Morgan fingerprint density at radius 1 is 0.968 bits per heavy atom. The third kappa shape index (κ3) is 3.95. The second-order valence-electron chi connectivity index (χ2n) is 6.97. The molecule has 5 rings (SSSR count). The van der Waals surface area contributed by atoms with Gasteiger partial charge in [-0.25, -0.2) is 14.5 Å². The van der Waals surface area contributed by atoms with Crippen molar-refractivity contribution in [1.82, 2.24) is 34.3 Å². The van der Waals surface area contributed by atoms with Crippen molar-refractivity contribution in [3.63, 3.8) is 0 Å². The normalized spacial score (nSPS) is 11.3. The Morgan fingerprint density at radius 2 is 1.81 bits per heavy atom. The highest BCUT2D eigenvalue weighted by Gasteiger charge is 2.11. The number of hydrogen-bond acceptors (Lipinski definition) is 5. The summed E-state index contributed by atoms with van der Waals surface area (Å²) in [6.45, 7) is 0.643. The van der Waals surface area contributed by atoms with Crippen LogP contribution in [0.4, 0.5) is 0 Å². The largest absolute Gasteiger partial charge is 0.350 e. The monoisotopic (exact) mass is 451 g/mol. The van der Waals surface area contributed by atoms with E-state index in [1.807, 2.05) is 48.5 Å². The molecule has 0 aliphatic heterocycles. The summed E-state index contributed by atoms with van der Waals surface area (Å²) in [6.07, 6.45) is 3.26. The summed E-state index contributed by atoms with van der Waals surface area (Å²) in [4.78, 5) is 17.1. The molecule has 0 amide bonds. The molecule has 3 heterocycles. The highest BCUT2D eigenvalue weighted by atomic mass is 35.5. The molecule has 3 aromatic heterocycles. The third-order valence-corrected chi connectivity index (χ3v) is 5.35. The quantitative estimate of drug-likeness (QED) is 0.381. The van der Waals surface area contributed by atoms with Gasteiger partial charge in [-0.05, 0) is 36.4 Å². The Labute approximate surface area is 186 Å². The first kappa shape index (κ1) is 19.5. The van der Waals surface area contributed by atoms with E-state index >= 15 is 0 Å². The lowest BCUT2D eigenvalue weighted by Crippen LogP contribution is -2.24. The van der Waals surface area contributed by atoms with Gasteiger partial charge in [-0.3, -0.25) is 4.57 Å². The van der Waals surface area contributed by atoms with Crippen molar-refractivity contribution in [3.8, 4) is 5.69 Å². The number of fused-ring (bicyclic) bond motifs is 1. The SMILES string of the molecule is O=c1n(Cc2cn(Cc3cc4cc(Cl)ccc4nc3Cl)nn2)cnn1-c1ccccc1. The van der Waals surface area contributed by atoms with Crippen LogP contribution in [0.1, 0.15) is 11.3 Å². The molecule has 0 spiro atoms. The molecule has 0 bridgehead atoms. The van der Waals surface area contributed by atoms with E-state index in [0.717, 1.165) is 16.5 Å². The average Bonchev–Trinajstić information content (AvgIpc) is 3.36. The molecule has 2 aromatic carbocycles. The first-order valence-corrected chi connectivity index (χ1v) is 10.2. The highest BCUT2D eigenvalue weighted by molar-refractivity contribution is 6.32. The van der Waals surface area contributed by atoms with Crippen molar-refractivity contribution in [1.29, 1.82) is 0 Å². The lowest BCUT2D eigenvalue weighted by atomic mass is 10.1. The number of pyridine rings is 1. The first-order valence-electron chi connectivity index (χ1n) is 9.40. The zero-order valence-electron chi connectivity index (χ0n) is 16.1. The van der Waals surface area contributed by atoms with E-state index in [4.69, 9.17) is 23.2 Å². The molecule has 0 saturated heterocycles. The van der Waals surface area contributed by atoms with E-state index in [2.05, 4.69) is 20.4 Å². The molecule has 0 atom stereocenters. The minimum Gasteiger partial charge on any atom is -0.275 e. The van der Waals surface area contributed by atoms with Crippen LogP contribution in [0, 0.1) is 0 Å². The summed E-state index contributed by atoms with van der Waals surface area (Å²) in [6, 6.07) is 16.6. The molecule has 31 heavy (non-hydrogen) atoms. The van der Waals surface area contributed by atoms with Crippen LogP contribution < -0.4 is 5.69 Å². The van der Waals surface area contributed by atoms with Crippen molar-refractivity contribution >= 4 is 34.1 Å². The van der Waals surface area contributed by atoms with Gasteiger partial charge in [0, 0.05) is 16.0 Å². The topological polar surface area (TPSA) is 83.4 Å². The zero-order valence-corrected chi connectivity index (χ0v) is 17.6. The van der Waals surface area contributed by atoms with Crippen LogP contribution >= 0.6 is 23.2 Å². The number of aromatic nitrogens is 7. The van der Waals surface area contributed by atoms with Crippen molar-refractivity contribution in [3.05, 3.63) is 99.0 Å². The Kier molecular flexibility index (Phi) is 5.01. The standard InChI is InChI=1S/C21H15Cl2N7O/c22-16-6-7-19-14(9-16)8-15(20(23)25-19)10-29-12-17(26-27-29)11-28-13-24-30(21(28)31)18-4-2-1-3-5-18/h1-9,12-13H,10-11H2. The average molecular weight is 452 g/mol. The van der Waals surface area contributed by atoms with Gasteiger partial charge in [-0.1, -0.05) is 46.6 Å². The second kappa shape index (κ2) is 7.98. The van der Waals surface area contributed by atoms with Gasteiger partial charge in [0.1, 0.15) is 17.2 Å². The minimum atomic E-state index is -0.251. The molecule has 0 radical (unpaired) electrons. The van der Waals surface area contributed by atoms with Crippen LogP contribution in [0.3, 0.4) is 0 Å². The molecule has 10 heteroatoms. The van der Waals surface area contributed by atoms with Gasteiger partial charge in [0.15, 0.2) is 0 Å². The molecule has 0 saturated carbocycles. The van der Waals surface area contributed by atoms with Crippen LogP contribution in [0.25, 0.3) is 16.6 Å². The molecule has 0 unspecified atom stereocenters. The van der Waals surface area contributed by atoms with Crippen LogP contribution in [0.15, 0.2) is 71.9 Å². The number of halogens is 2. The van der Waals surface area contributed by atoms with E-state index in [0.29, 0.717) is 28.1 Å². The molecule has 0 aliphatic rings. The summed E-state index contributed by atoms with van der Waals surface area (Å²) in [5.74, 6) is 0. The van der Waals surface area contributed by atoms with Crippen molar-refractivity contribution in [2.24, 2.45) is 0 Å². The first-order chi connectivity index (χ1) is 15.1. The number of nitrogens with zero attached hydrogens (tertiary/aromatic N) is 7. The predicted octanol–water partition coefficient (Wildman–Crippen LogP) is 3.58. The number of benzene rings is 2. The predicted molar refractivity (Wildman–Crippen MR) is 118 cm³/mol. The summed E-state index contributed by atoms with van der Waals surface area (Å²) < 4.78 is 4.48. The van der Waals surface area contributed by atoms with E-state index in [1.165, 1.54) is 15.6 Å². The maximum absolute atomic E-state index is 12.6. The Balaban J connectivity index is 1.37. The van der Waals surface area contributed by atoms with Gasteiger partial charge < -0.3 is 0 Å². The fourth-order valence-corrected chi connectivity index (χ4v) is 3.69. The maximum Gasteiger partial charge on any atom is 0.350 e. The van der Waals surface area contributed by atoms with E-state index in [1.54, 1.807) is 16.9 Å². The van der Waals surface area contributed by atoms with Gasteiger partial charge in [-0.2, -0.15) is 9.78 Å². The van der Waals surface area contributed by atoms with E-state index in [9.17, 15) is 4.79 Å². The van der Waals surface area contributed by atoms with Crippen LogP contribution in [0.2, 0.25) is 10.2 Å². The second-order valence-corrected chi connectivity index (χ2v) is 7.77. The molecule has 0 aliphatic carbocycles. The summed E-state index contributed by atoms with van der Waals surface area (Å²) in [5, 5.41) is 14.4. The minimum absolute atomic E-state index is 0.251. The summed E-state index contributed by atoms with van der Waals surface area (Å²) in [5.41, 5.74) is 2.64. The summed E-state index contributed by atoms with van der Waals surface area (Å²) >= 11 is 12.4. The Hall–Kier alpha value is -3.49. The van der Waals surface area contributed by atoms with Gasteiger partial charge in [0.25, 0.3) is 0 Å². The molecule has 0 fully saturated rings. The van der Waals surface area contributed by atoms with Gasteiger partial charge in [-0.15, -0.1) is 5.10 Å². The van der Waals surface area contributed by atoms with Crippen molar-refractivity contribution in [2.75, 3.05) is 0 Å². The molecule has 5 aromatic rings. The smallest absolute Gasteiger partial charge is 0.275 e. The van der Waals surface area contributed by atoms with Gasteiger partial charge >= 0.3 is 5.69 Å². The van der Waals surface area contributed by atoms with Crippen molar-refractivity contribution in [2.45, 2.75) is 13.1 Å². The molecule has 8 nitrogen and oxygen atoms in total. The van der Waals surface area contributed by atoms with Crippen LogP contribution in [0.5, 0.6) is 0 Å². The Morgan fingerprint density at radius 3 is 2.65 bits per heavy atom. The Bertz CT molecular complexity index is 1440. The van der Waals surface area contributed by atoms with Crippen LogP contribution in [-0.2, 0) is 13.1 Å². The molecule has 154 valence electrons. The van der Waals surface area contributed by atoms with E-state index in [-0.39, 0.29) is 12.2 Å². The fourth-order valence-electron chi connectivity index (χ4n) is 3.30. The number of rotatable bonds is 5. The van der Waals surface area contributed by atoms with Crippen molar-refractivity contribution < 1.29 is 0 Å².